The summed E-state index contributed by atoms with van der Waals surface area (Å²) in [5.41, 5.74) is 1.84. The minimum atomic E-state index is -0.433. The van der Waals surface area contributed by atoms with Gasteiger partial charge in [-0.3, -0.25) is 9.89 Å². The van der Waals surface area contributed by atoms with Crippen LogP contribution in [0.4, 0.5) is 8.78 Å². The molecule has 138 valence electrons. The summed E-state index contributed by atoms with van der Waals surface area (Å²) in [4.78, 5) is 14.6. The fourth-order valence-electron chi connectivity index (χ4n) is 2.96. The van der Waals surface area contributed by atoms with Crippen molar-refractivity contribution < 1.29 is 13.6 Å². The van der Waals surface area contributed by atoms with E-state index in [0.29, 0.717) is 27.5 Å². The van der Waals surface area contributed by atoms with Crippen LogP contribution in [0.15, 0.2) is 48.5 Å². The van der Waals surface area contributed by atoms with Gasteiger partial charge in [-0.1, -0.05) is 17.7 Å². The number of amides is 1. The molecule has 1 amide bonds. The lowest BCUT2D eigenvalue weighted by Crippen LogP contribution is -2.33. The van der Waals surface area contributed by atoms with E-state index in [-0.39, 0.29) is 24.3 Å². The second-order valence-corrected chi connectivity index (χ2v) is 6.95. The van der Waals surface area contributed by atoms with Crippen LogP contribution in [0.2, 0.25) is 5.02 Å². The molecule has 3 aromatic rings. The zero-order valence-corrected chi connectivity index (χ0v) is 15.0. The molecule has 0 saturated heterocycles. The van der Waals surface area contributed by atoms with Crippen LogP contribution in [0.5, 0.6) is 0 Å². The van der Waals surface area contributed by atoms with Gasteiger partial charge in [0.25, 0.3) is 5.91 Å². The molecule has 4 rings (SSSR count). The topological polar surface area (TPSA) is 49.0 Å². The SMILES string of the molecule is O=C(c1cc(-c2ccc(F)cc2)n[nH]1)N(Cc1c(F)cccc1Cl)C1CC1. The maximum absolute atomic E-state index is 14.1. The lowest BCUT2D eigenvalue weighted by molar-refractivity contribution is 0.0722. The predicted molar refractivity (Wildman–Crippen MR) is 98.3 cm³/mol. The molecule has 1 saturated carbocycles. The number of H-pyrrole nitrogens is 1. The first-order valence-corrected chi connectivity index (χ1v) is 8.96. The number of halogens is 3. The molecule has 1 aromatic heterocycles. The van der Waals surface area contributed by atoms with Crippen molar-refractivity contribution in [1.29, 1.82) is 0 Å². The maximum atomic E-state index is 14.1. The fourth-order valence-corrected chi connectivity index (χ4v) is 3.18. The summed E-state index contributed by atoms with van der Waals surface area (Å²) in [6.45, 7) is 0.0971. The van der Waals surface area contributed by atoms with Gasteiger partial charge in [-0.25, -0.2) is 8.78 Å². The van der Waals surface area contributed by atoms with Crippen molar-refractivity contribution >= 4 is 17.5 Å². The van der Waals surface area contributed by atoms with Crippen LogP contribution in [-0.4, -0.2) is 27.0 Å². The van der Waals surface area contributed by atoms with E-state index < -0.39 is 5.82 Å². The van der Waals surface area contributed by atoms with Crippen LogP contribution >= 0.6 is 11.6 Å². The van der Waals surface area contributed by atoms with Crippen molar-refractivity contribution in [2.45, 2.75) is 25.4 Å². The Kier molecular flexibility index (Phi) is 4.66. The zero-order valence-electron chi connectivity index (χ0n) is 14.3. The molecule has 7 heteroatoms. The molecule has 1 aliphatic carbocycles. The molecule has 1 heterocycles. The van der Waals surface area contributed by atoms with Crippen molar-refractivity contribution in [3.63, 3.8) is 0 Å². The van der Waals surface area contributed by atoms with Gasteiger partial charge in [0.2, 0.25) is 0 Å². The van der Waals surface area contributed by atoms with Crippen molar-refractivity contribution in [2.75, 3.05) is 0 Å². The molecule has 0 aliphatic heterocycles. The molecule has 2 aromatic carbocycles. The lowest BCUT2D eigenvalue weighted by atomic mass is 10.1. The van der Waals surface area contributed by atoms with Gasteiger partial charge in [0.05, 0.1) is 12.2 Å². The van der Waals surface area contributed by atoms with E-state index in [1.54, 1.807) is 29.2 Å². The second-order valence-electron chi connectivity index (χ2n) is 6.54. The Bertz CT molecular complexity index is 963. The molecule has 1 aliphatic rings. The summed E-state index contributed by atoms with van der Waals surface area (Å²) in [6.07, 6.45) is 1.74. The van der Waals surface area contributed by atoms with Gasteiger partial charge in [-0.05, 0) is 55.3 Å². The van der Waals surface area contributed by atoms with Gasteiger partial charge in [0, 0.05) is 22.2 Å². The van der Waals surface area contributed by atoms with E-state index in [1.165, 1.54) is 24.3 Å². The Balaban J connectivity index is 1.59. The molecule has 0 unspecified atom stereocenters. The van der Waals surface area contributed by atoms with Crippen LogP contribution in [0.3, 0.4) is 0 Å². The normalized spacial score (nSPS) is 13.6. The minimum absolute atomic E-state index is 0.0609. The highest BCUT2D eigenvalue weighted by Gasteiger charge is 2.34. The Morgan fingerprint density at radius 2 is 1.93 bits per heavy atom. The van der Waals surface area contributed by atoms with Crippen LogP contribution in [0, 0.1) is 11.6 Å². The number of hydrogen-bond donors (Lipinski definition) is 1. The first-order valence-electron chi connectivity index (χ1n) is 8.58. The number of benzene rings is 2. The first kappa shape index (κ1) is 17.7. The number of carbonyl (C=O) groups excluding carboxylic acids is 1. The largest absolute Gasteiger partial charge is 0.330 e. The molecule has 0 bridgehead atoms. The van der Waals surface area contributed by atoms with E-state index in [4.69, 9.17) is 11.6 Å². The number of aromatic nitrogens is 2. The molecule has 0 atom stereocenters. The number of carbonyl (C=O) groups is 1. The molecular formula is C20H16ClF2N3O. The highest BCUT2D eigenvalue weighted by molar-refractivity contribution is 6.31. The van der Waals surface area contributed by atoms with E-state index in [9.17, 15) is 13.6 Å². The van der Waals surface area contributed by atoms with E-state index >= 15 is 0 Å². The van der Waals surface area contributed by atoms with Gasteiger partial charge >= 0.3 is 0 Å². The predicted octanol–water partition coefficient (Wildman–Crippen LogP) is 4.81. The molecular weight excluding hydrogens is 372 g/mol. The smallest absolute Gasteiger partial charge is 0.272 e. The second kappa shape index (κ2) is 7.12. The zero-order chi connectivity index (χ0) is 19.0. The van der Waals surface area contributed by atoms with Gasteiger partial charge in [-0.2, -0.15) is 5.10 Å². The Morgan fingerprint density at radius 1 is 1.19 bits per heavy atom. The third-order valence-electron chi connectivity index (χ3n) is 4.59. The quantitative estimate of drug-likeness (QED) is 0.682. The van der Waals surface area contributed by atoms with E-state index in [2.05, 4.69) is 10.2 Å². The Morgan fingerprint density at radius 3 is 2.59 bits per heavy atom. The molecule has 27 heavy (non-hydrogen) atoms. The van der Waals surface area contributed by atoms with E-state index in [0.717, 1.165) is 12.8 Å². The summed E-state index contributed by atoms with van der Waals surface area (Å²) in [5.74, 6) is -1.04. The molecule has 1 N–H and O–H groups in total. The average molecular weight is 388 g/mol. The maximum Gasteiger partial charge on any atom is 0.272 e. The van der Waals surface area contributed by atoms with Gasteiger partial charge in [0.1, 0.15) is 17.3 Å². The number of rotatable bonds is 5. The van der Waals surface area contributed by atoms with Crippen molar-refractivity contribution in [1.82, 2.24) is 15.1 Å². The Hall–Kier alpha value is -2.73. The van der Waals surface area contributed by atoms with Crippen LogP contribution in [-0.2, 0) is 6.54 Å². The van der Waals surface area contributed by atoms with Gasteiger partial charge in [-0.15, -0.1) is 0 Å². The highest BCUT2D eigenvalue weighted by atomic mass is 35.5. The summed E-state index contributed by atoms with van der Waals surface area (Å²) in [6, 6.07) is 12.0. The van der Waals surface area contributed by atoms with Crippen LogP contribution in [0.1, 0.15) is 28.9 Å². The lowest BCUT2D eigenvalue weighted by Gasteiger charge is -2.22. The van der Waals surface area contributed by atoms with E-state index in [1.807, 2.05) is 0 Å². The molecule has 0 radical (unpaired) electrons. The van der Waals surface area contributed by atoms with Gasteiger partial charge < -0.3 is 4.90 Å². The standard InChI is InChI=1S/C20H16ClF2N3O/c21-16-2-1-3-17(23)15(16)11-26(14-8-9-14)20(27)19-10-18(24-25-19)12-4-6-13(22)7-5-12/h1-7,10,14H,8-9,11H2,(H,24,25). The highest BCUT2D eigenvalue weighted by Crippen LogP contribution is 2.32. The van der Waals surface area contributed by atoms with Crippen LogP contribution in [0.25, 0.3) is 11.3 Å². The number of nitrogens with one attached hydrogen (secondary N) is 1. The third kappa shape index (κ3) is 3.71. The summed E-state index contributed by atoms with van der Waals surface area (Å²) >= 11 is 6.12. The molecule has 0 spiro atoms. The first-order chi connectivity index (χ1) is 13.0. The van der Waals surface area contributed by atoms with Crippen molar-refractivity contribution in [3.8, 4) is 11.3 Å². The molecule has 4 nitrogen and oxygen atoms in total. The number of nitrogens with zero attached hydrogens (tertiary/aromatic N) is 2. The molecule has 1 fully saturated rings. The number of aromatic amines is 1. The van der Waals surface area contributed by atoms with Gasteiger partial charge in [0.15, 0.2) is 0 Å². The fraction of sp³-hybridized carbons (Fsp3) is 0.200. The summed E-state index contributed by atoms with van der Waals surface area (Å²) in [5, 5.41) is 7.18. The Labute approximate surface area is 159 Å². The summed E-state index contributed by atoms with van der Waals surface area (Å²) in [7, 11) is 0. The average Bonchev–Trinajstić information content (AvgIpc) is 3.37. The third-order valence-corrected chi connectivity index (χ3v) is 4.94. The van der Waals surface area contributed by atoms with Crippen molar-refractivity contribution in [3.05, 3.63) is 76.4 Å². The van der Waals surface area contributed by atoms with Crippen LogP contribution < -0.4 is 0 Å². The monoisotopic (exact) mass is 387 g/mol. The van der Waals surface area contributed by atoms with Crippen molar-refractivity contribution in [2.24, 2.45) is 0 Å². The summed E-state index contributed by atoms with van der Waals surface area (Å²) < 4.78 is 27.2. The number of hydrogen-bond acceptors (Lipinski definition) is 2. The minimum Gasteiger partial charge on any atom is -0.330 e.